The summed E-state index contributed by atoms with van der Waals surface area (Å²) in [7, 11) is 1.58. The SMILES string of the molecule is COc1nc(NC(C)C2CCCO2)ncc1Br. The summed E-state index contributed by atoms with van der Waals surface area (Å²) in [5.74, 6) is 1.09. The Morgan fingerprint density at radius 3 is 3.12 bits per heavy atom. The largest absolute Gasteiger partial charge is 0.480 e. The van der Waals surface area contributed by atoms with E-state index < -0.39 is 0 Å². The molecule has 0 amide bonds. The minimum absolute atomic E-state index is 0.198. The summed E-state index contributed by atoms with van der Waals surface area (Å²) in [6.45, 7) is 2.93. The molecule has 1 N–H and O–H groups in total. The fraction of sp³-hybridized carbons (Fsp3) is 0.636. The zero-order valence-electron chi connectivity index (χ0n) is 9.94. The number of methoxy groups -OCH3 is 1. The van der Waals surface area contributed by atoms with Crippen LogP contribution in [0.2, 0.25) is 0 Å². The second-order valence-electron chi connectivity index (χ2n) is 4.04. The number of halogens is 1. The molecule has 0 bridgehead atoms. The topological polar surface area (TPSA) is 56.3 Å². The molecule has 1 aliphatic heterocycles. The first-order chi connectivity index (χ1) is 8.20. The molecule has 2 unspecified atom stereocenters. The minimum Gasteiger partial charge on any atom is -0.480 e. The van der Waals surface area contributed by atoms with Crippen LogP contribution in [0.25, 0.3) is 0 Å². The Morgan fingerprint density at radius 1 is 1.65 bits per heavy atom. The van der Waals surface area contributed by atoms with Crippen LogP contribution in [0, 0.1) is 0 Å². The van der Waals surface area contributed by atoms with Crippen LogP contribution >= 0.6 is 15.9 Å². The molecule has 1 aliphatic rings. The fourth-order valence-electron chi connectivity index (χ4n) is 1.86. The van der Waals surface area contributed by atoms with Gasteiger partial charge in [0, 0.05) is 6.61 Å². The number of ether oxygens (including phenoxy) is 2. The molecular formula is C11H16BrN3O2. The lowest BCUT2D eigenvalue weighted by Gasteiger charge is -2.20. The zero-order chi connectivity index (χ0) is 12.3. The van der Waals surface area contributed by atoms with Crippen molar-refractivity contribution >= 4 is 21.9 Å². The van der Waals surface area contributed by atoms with Crippen LogP contribution in [0.15, 0.2) is 10.7 Å². The van der Waals surface area contributed by atoms with E-state index in [1.165, 1.54) is 0 Å². The van der Waals surface area contributed by atoms with E-state index in [4.69, 9.17) is 9.47 Å². The van der Waals surface area contributed by atoms with Crippen LogP contribution in [0.4, 0.5) is 5.95 Å². The van der Waals surface area contributed by atoms with Crippen molar-refractivity contribution in [3.05, 3.63) is 10.7 Å². The van der Waals surface area contributed by atoms with Gasteiger partial charge in [-0.3, -0.25) is 0 Å². The number of hydrogen-bond donors (Lipinski definition) is 1. The van der Waals surface area contributed by atoms with E-state index in [1.807, 2.05) is 0 Å². The summed E-state index contributed by atoms with van der Waals surface area (Å²) in [4.78, 5) is 8.45. The highest BCUT2D eigenvalue weighted by Gasteiger charge is 2.23. The van der Waals surface area contributed by atoms with Crippen LogP contribution in [0.1, 0.15) is 19.8 Å². The molecule has 2 atom stereocenters. The van der Waals surface area contributed by atoms with Gasteiger partial charge in [0.25, 0.3) is 0 Å². The first kappa shape index (κ1) is 12.6. The third kappa shape index (κ3) is 3.07. The molecule has 0 aromatic carbocycles. The number of hydrogen-bond acceptors (Lipinski definition) is 5. The summed E-state index contributed by atoms with van der Waals surface area (Å²) >= 11 is 3.32. The number of nitrogens with zero attached hydrogens (tertiary/aromatic N) is 2. The average molecular weight is 302 g/mol. The molecule has 2 rings (SSSR count). The van der Waals surface area contributed by atoms with Crippen molar-refractivity contribution in [3.63, 3.8) is 0 Å². The van der Waals surface area contributed by atoms with Crippen molar-refractivity contribution < 1.29 is 9.47 Å². The molecule has 94 valence electrons. The third-order valence-electron chi connectivity index (χ3n) is 2.78. The van der Waals surface area contributed by atoms with Gasteiger partial charge >= 0.3 is 0 Å². The van der Waals surface area contributed by atoms with E-state index in [0.717, 1.165) is 23.9 Å². The van der Waals surface area contributed by atoms with E-state index in [0.29, 0.717) is 11.8 Å². The molecule has 0 radical (unpaired) electrons. The standard InChI is InChI=1S/C11H16BrN3O2/c1-7(9-4-3-5-17-9)14-11-13-6-8(12)10(15-11)16-2/h6-7,9H,3-5H2,1-2H3,(H,13,14,15). The molecule has 17 heavy (non-hydrogen) atoms. The van der Waals surface area contributed by atoms with Gasteiger partial charge in [-0.05, 0) is 35.7 Å². The van der Waals surface area contributed by atoms with Crippen molar-refractivity contribution in [2.45, 2.75) is 31.9 Å². The summed E-state index contributed by atoms with van der Waals surface area (Å²) in [6.07, 6.45) is 4.13. The summed E-state index contributed by atoms with van der Waals surface area (Å²) in [5.41, 5.74) is 0. The number of nitrogens with one attached hydrogen (secondary N) is 1. The Hall–Kier alpha value is -0.880. The molecule has 0 aliphatic carbocycles. The van der Waals surface area contributed by atoms with Crippen molar-refractivity contribution in [2.75, 3.05) is 19.0 Å². The van der Waals surface area contributed by atoms with Crippen LogP contribution in [-0.4, -0.2) is 35.8 Å². The lowest BCUT2D eigenvalue weighted by molar-refractivity contribution is 0.0994. The van der Waals surface area contributed by atoms with Gasteiger partial charge in [0.15, 0.2) is 0 Å². The molecule has 0 spiro atoms. The highest BCUT2D eigenvalue weighted by atomic mass is 79.9. The zero-order valence-corrected chi connectivity index (χ0v) is 11.5. The van der Waals surface area contributed by atoms with Crippen molar-refractivity contribution in [3.8, 4) is 5.88 Å². The summed E-state index contributed by atoms with van der Waals surface area (Å²) < 4.78 is 11.5. The van der Waals surface area contributed by atoms with Gasteiger partial charge < -0.3 is 14.8 Å². The Morgan fingerprint density at radius 2 is 2.47 bits per heavy atom. The average Bonchev–Trinajstić information content (AvgIpc) is 2.85. The van der Waals surface area contributed by atoms with Gasteiger partial charge in [-0.25, -0.2) is 4.98 Å². The Kier molecular flexibility index (Phi) is 4.17. The predicted octanol–water partition coefficient (Wildman–Crippen LogP) is 2.23. The smallest absolute Gasteiger partial charge is 0.232 e. The molecule has 1 saturated heterocycles. The highest BCUT2D eigenvalue weighted by molar-refractivity contribution is 9.10. The first-order valence-corrected chi connectivity index (χ1v) is 6.44. The maximum Gasteiger partial charge on any atom is 0.232 e. The molecular weight excluding hydrogens is 286 g/mol. The van der Waals surface area contributed by atoms with Crippen LogP contribution in [0.3, 0.4) is 0 Å². The van der Waals surface area contributed by atoms with Crippen molar-refractivity contribution in [1.29, 1.82) is 0 Å². The Balaban J connectivity index is 2.02. The number of aromatic nitrogens is 2. The van der Waals surface area contributed by atoms with Crippen LogP contribution < -0.4 is 10.1 Å². The van der Waals surface area contributed by atoms with Crippen LogP contribution in [-0.2, 0) is 4.74 Å². The van der Waals surface area contributed by atoms with Gasteiger partial charge in [-0.15, -0.1) is 0 Å². The molecule has 0 saturated carbocycles. The molecule has 1 fully saturated rings. The van der Waals surface area contributed by atoms with Gasteiger partial charge in [0.05, 0.1) is 29.9 Å². The normalized spacial score (nSPS) is 21.2. The lowest BCUT2D eigenvalue weighted by Crippen LogP contribution is -2.30. The molecule has 2 heterocycles. The van der Waals surface area contributed by atoms with Gasteiger partial charge in [-0.1, -0.05) is 0 Å². The summed E-state index contributed by atoms with van der Waals surface area (Å²) in [6, 6.07) is 0.198. The van der Waals surface area contributed by atoms with Gasteiger partial charge in [-0.2, -0.15) is 4.98 Å². The lowest BCUT2D eigenvalue weighted by atomic mass is 10.1. The highest BCUT2D eigenvalue weighted by Crippen LogP contribution is 2.23. The van der Waals surface area contributed by atoms with E-state index in [2.05, 4.69) is 38.1 Å². The third-order valence-corrected chi connectivity index (χ3v) is 3.33. The van der Waals surface area contributed by atoms with E-state index in [1.54, 1.807) is 13.3 Å². The Bertz CT molecular complexity index is 383. The second-order valence-corrected chi connectivity index (χ2v) is 4.89. The number of anilines is 1. The van der Waals surface area contributed by atoms with Gasteiger partial charge in [0.1, 0.15) is 0 Å². The van der Waals surface area contributed by atoms with E-state index in [9.17, 15) is 0 Å². The summed E-state index contributed by atoms with van der Waals surface area (Å²) in [5, 5.41) is 3.24. The minimum atomic E-state index is 0.198. The molecule has 1 aromatic rings. The first-order valence-electron chi connectivity index (χ1n) is 5.65. The maximum atomic E-state index is 5.61. The Labute approximate surface area is 109 Å². The molecule has 1 aromatic heterocycles. The predicted molar refractivity (Wildman–Crippen MR) is 68.3 cm³/mol. The van der Waals surface area contributed by atoms with Crippen molar-refractivity contribution in [1.82, 2.24) is 9.97 Å². The molecule has 5 nitrogen and oxygen atoms in total. The monoisotopic (exact) mass is 301 g/mol. The quantitative estimate of drug-likeness (QED) is 0.924. The van der Waals surface area contributed by atoms with Crippen LogP contribution in [0.5, 0.6) is 5.88 Å². The maximum absolute atomic E-state index is 5.61. The van der Waals surface area contributed by atoms with Gasteiger partial charge in [0.2, 0.25) is 11.8 Å². The van der Waals surface area contributed by atoms with E-state index in [-0.39, 0.29) is 12.1 Å². The fourth-order valence-corrected chi connectivity index (χ4v) is 2.21. The molecule has 6 heteroatoms. The second kappa shape index (κ2) is 5.64. The van der Waals surface area contributed by atoms with E-state index >= 15 is 0 Å². The van der Waals surface area contributed by atoms with Crippen molar-refractivity contribution in [2.24, 2.45) is 0 Å². The number of rotatable bonds is 4.